The summed E-state index contributed by atoms with van der Waals surface area (Å²) in [6.45, 7) is 4.87. The van der Waals surface area contributed by atoms with Crippen molar-refractivity contribution in [3.05, 3.63) is 50.8 Å². The average molecular weight is 466 g/mol. The number of carbonyl (C=O) groups excluding carboxylic acids is 1. The monoisotopic (exact) mass is 465 g/mol. The van der Waals surface area contributed by atoms with Gasteiger partial charge in [-0.25, -0.2) is 4.98 Å². The predicted molar refractivity (Wildman–Crippen MR) is 126 cm³/mol. The highest BCUT2D eigenvalue weighted by molar-refractivity contribution is 7.14. The van der Waals surface area contributed by atoms with Gasteiger partial charge < -0.3 is 19.8 Å². The second kappa shape index (κ2) is 8.36. The Morgan fingerprint density at radius 2 is 2.03 bits per heavy atom. The highest BCUT2D eigenvalue weighted by Gasteiger charge is 2.17. The zero-order valence-electron chi connectivity index (χ0n) is 18.5. The number of benzene rings is 1. The van der Waals surface area contributed by atoms with Crippen LogP contribution in [0.3, 0.4) is 0 Å². The fourth-order valence-electron chi connectivity index (χ4n) is 4.14. The van der Waals surface area contributed by atoms with Gasteiger partial charge in [0.15, 0.2) is 16.6 Å². The number of hydrogen-bond donors (Lipinski definition) is 2. The average Bonchev–Trinajstić information content (AvgIpc) is 3.37. The molecule has 1 amide bonds. The molecule has 0 saturated heterocycles. The van der Waals surface area contributed by atoms with Crippen molar-refractivity contribution in [2.24, 2.45) is 7.05 Å². The lowest BCUT2D eigenvalue weighted by Crippen LogP contribution is -2.19. The second-order valence-electron chi connectivity index (χ2n) is 7.93. The van der Waals surface area contributed by atoms with Crippen molar-refractivity contribution in [2.45, 2.75) is 26.7 Å². The van der Waals surface area contributed by atoms with Crippen LogP contribution >= 0.6 is 11.3 Å². The molecule has 1 aromatic carbocycles. The number of aromatic nitrogens is 4. The van der Waals surface area contributed by atoms with Crippen LogP contribution in [0.25, 0.3) is 22.3 Å². The molecule has 4 aromatic rings. The van der Waals surface area contributed by atoms with Gasteiger partial charge in [-0.2, -0.15) is 5.10 Å². The minimum absolute atomic E-state index is 0.174. The lowest BCUT2D eigenvalue weighted by atomic mass is 10.0. The summed E-state index contributed by atoms with van der Waals surface area (Å²) in [5, 5.41) is 10.5. The standard InChI is InChI=1S/C23H23N5O4S/c1-12-15(22(30)26-21-20(12)13(2)27-28(21)3)5-7-19(29)25-23-24-16(11-33-23)14-4-6-17-18(10-14)32-9-8-31-17/h4,6,10-11H,5,7-9H2,1-3H3,(H,26,30)(H,24,25,29). The van der Waals surface area contributed by atoms with E-state index in [9.17, 15) is 9.59 Å². The fraction of sp³-hybridized carbons (Fsp3) is 0.304. The third kappa shape index (κ3) is 3.97. The first-order valence-electron chi connectivity index (χ1n) is 10.6. The molecule has 1 aliphatic heterocycles. The van der Waals surface area contributed by atoms with Crippen LogP contribution in [0.2, 0.25) is 0 Å². The maximum Gasteiger partial charge on any atom is 0.253 e. The van der Waals surface area contributed by atoms with Crippen molar-refractivity contribution in [1.82, 2.24) is 19.7 Å². The Balaban J connectivity index is 1.28. The first-order chi connectivity index (χ1) is 15.9. The van der Waals surface area contributed by atoms with Gasteiger partial charge in [0.2, 0.25) is 5.91 Å². The van der Waals surface area contributed by atoms with Crippen molar-refractivity contribution in [2.75, 3.05) is 18.5 Å². The highest BCUT2D eigenvalue weighted by atomic mass is 32.1. The topological polar surface area (TPSA) is 111 Å². The van der Waals surface area contributed by atoms with Gasteiger partial charge in [-0.15, -0.1) is 11.3 Å². The smallest absolute Gasteiger partial charge is 0.253 e. The van der Waals surface area contributed by atoms with E-state index in [0.717, 1.165) is 33.7 Å². The molecule has 2 N–H and O–H groups in total. The van der Waals surface area contributed by atoms with Gasteiger partial charge in [-0.3, -0.25) is 14.3 Å². The van der Waals surface area contributed by atoms with Gasteiger partial charge in [0.1, 0.15) is 18.9 Å². The maximum absolute atomic E-state index is 12.6. The molecular formula is C23H23N5O4S. The minimum atomic E-state index is -0.195. The van der Waals surface area contributed by atoms with Crippen molar-refractivity contribution in [1.29, 1.82) is 0 Å². The number of ether oxygens (including phenoxy) is 2. The Morgan fingerprint density at radius 3 is 2.85 bits per heavy atom. The van der Waals surface area contributed by atoms with Gasteiger partial charge in [-0.1, -0.05) is 0 Å². The summed E-state index contributed by atoms with van der Waals surface area (Å²) in [6, 6.07) is 5.67. The van der Waals surface area contributed by atoms with Gasteiger partial charge in [0.25, 0.3) is 5.56 Å². The number of amides is 1. The Bertz CT molecular complexity index is 1430. The van der Waals surface area contributed by atoms with Crippen LogP contribution in [-0.2, 0) is 18.3 Å². The number of carbonyl (C=O) groups is 1. The molecule has 0 atom stereocenters. The van der Waals surface area contributed by atoms with Crippen molar-refractivity contribution >= 4 is 33.4 Å². The Morgan fingerprint density at radius 1 is 1.24 bits per heavy atom. The lowest BCUT2D eigenvalue weighted by Gasteiger charge is -2.18. The maximum atomic E-state index is 12.6. The van der Waals surface area contributed by atoms with Crippen molar-refractivity contribution < 1.29 is 14.3 Å². The van der Waals surface area contributed by atoms with E-state index in [1.807, 2.05) is 37.4 Å². The summed E-state index contributed by atoms with van der Waals surface area (Å²) in [5.41, 5.74) is 4.45. The molecule has 10 heteroatoms. The van der Waals surface area contributed by atoms with E-state index in [-0.39, 0.29) is 17.9 Å². The zero-order valence-corrected chi connectivity index (χ0v) is 19.3. The summed E-state index contributed by atoms with van der Waals surface area (Å²) in [4.78, 5) is 32.6. The first kappa shape index (κ1) is 21.2. The number of fused-ring (bicyclic) bond motifs is 2. The number of aromatic amines is 1. The number of pyridine rings is 1. The number of H-pyrrole nitrogens is 1. The summed E-state index contributed by atoms with van der Waals surface area (Å²) in [5.74, 6) is 1.22. The lowest BCUT2D eigenvalue weighted by molar-refractivity contribution is -0.116. The van der Waals surface area contributed by atoms with E-state index in [4.69, 9.17) is 9.47 Å². The van der Waals surface area contributed by atoms with E-state index in [0.29, 0.717) is 41.7 Å². The number of nitrogens with zero attached hydrogens (tertiary/aromatic N) is 3. The van der Waals surface area contributed by atoms with Crippen LogP contribution < -0.4 is 20.3 Å². The molecule has 0 aliphatic carbocycles. The van der Waals surface area contributed by atoms with Crippen LogP contribution in [-0.4, -0.2) is 38.9 Å². The third-order valence-corrected chi connectivity index (χ3v) is 6.50. The van der Waals surface area contributed by atoms with Gasteiger partial charge >= 0.3 is 0 Å². The van der Waals surface area contributed by atoms with E-state index in [1.54, 1.807) is 11.7 Å². The van der Waals surface area contributed by atoms with Crippen molar-refractivity contribution in [3.8, 4) is 22.8 Å². The molecule has 0 saturated carbocycles. The molecule has 5 rings (SSSR count). The van der Waals surface area contributed by atoms with Crippen molar-refractivity contribution in [3.63, 3.8) is 0 Å². The molecule has 1 aliphatic rings. The predicted octanol–water partition coefficient (Wildman–Crippen LogP) is 3.34. The summed E-state index contributed by atoms with van der Waals surface area (Å²) in [7, 11) is 1.80. The number of aryl methyl sites for hydroxylation is 3. The number of thiazole rings is 1. The molecule has 0 unspecified atom stereocenters. The summed E-state index contributed by atoms with van der Waals surface area (Å²) >= 11 is 1.35. The van der Waals surface area contributed by atoms with Crippen LogP contribution in [0.15, 0.2) is 28.4 Å². The Hall–Kier alpha value is -3.66. The number of nitrogens with one attached hydrogen (secondary N) is 2. The molecule has 3 aromatic heterocycles. The molecule has 33 heavy (non-hydrogen) atoms. The zero-order chi connectivity index (χ0) is 23.1. The molecule has 170 valence electrons. The highest BCUT2D eigenvalue weighted by Crippen LogP contribution is 2.35. The van der Waals surface area contributed by atoms with E-state index >= 15 is 0 Å². The normalized spacial score (nSPS) is 12.8. The number of hydrogen-bond acceptors (Lipinski definition) is 7. The van der Waals surface area contributed by atoms with E-state index in [2.05, 4.69) is 20.4 Å². The summed E-state index contributed by atoms with van der Waals surface area (Å²) < 4.78 is 12.9. The minimum Gasteiger partial charge on any atom is -0.486 e. The van der Waals surface area contributed by atoms with E-state index in [1.165, 1.54) is 11.3 Å². The first-order valence-corrected chi connectivity index (χ1v) is 11.5. The SMILES string of the molecule is Cc1nn(C)c2[nH]c(=O)c(CCC(=O)Nc3nc(-c4ccc5c(c4)OCCO5)cs3)c(C)c12. The molecule has 0 spiro atoms. The second-order valence-corrected chi connectivity index (χ2v) is 8.79. The Kier molecular flexibility index (Phi) is 5.37. The Labute approximate surface area is 193 Å². The molecule has 4 heterocycles. The summed E-state index contributed by atoms with van der Waals surface area (Å²) in [6.07, 6.45) is 0.505. The fourth-order valence-corrected chi connectivity index (χ4v) is 4.88. The largest absolute Gasteiger partial charge is 0.486 e. The quantitative estimate of drug-likeness (QED) is 0.468. The van der Waals surface area contributed by atoms with Crippen LogP contribution in [0.5, 0.6) is 11.5 Å². The third-order valence-electron chi connectivity index (χ3n) is 5.75. The molecule has 0 bridgehead atoms. The van der Waals surface area contributed by atoms with Gasteiger partial charge in [0, 0.05) is 35.4 Å². The number of rotatable bonds is 5. The molecular weight excluding hydrogens is 442 g/mol. The van der Waals surface area contributed by atoms with Gasteiger partial charge in [-0.05, 0) is 44.0 Å². The number of anilines is 1. The van der Waals surface area contributed by atoms with Crippen LogP contribution in [0.4, 0.5) is 5.13 Å². The van der Waals surface area contributed by atoms with Crippen LogP contribution in [0, 0.1) is 13.8 Å². The molecule has 0 radical (unpaired) electrons. The molecule has 0 fully saturated rings. The van der Waals surface area contributed by atoms with Crippen LogP contribution in [0.1, 0.15) is 23.2 Å². The molecule has 9 nitrogen and oxygen atoms in total. The van der Waals surface area contributed by atoms with E-state index < -0.39 is 0 Å². The van der Waals surface area contributed by atoms with Gasteiger partial charge in [0.05, 0.1) is 11.4 Å².